The van der Waals surface area contributed by atoms with E-state index in [4.69, 9.17) is 4.74 Å². The van der Waals surface area contributed by atoms with Crippen LogP contribution in [0.1, 0.15) is 32.4 Å². The van der Waals surface area contributed by atoms with Gasteiger partial charge >= 0.3 is 6.09 Å². The molecule has 2 N–H and O–H groups in total. The highest BCUT2D eigenvalue weighted by atomic mass is 16.6. The van der Waals surface area contributed by atoms with Crippen molar-refractivity contribution in [1.82, 2.24) is 10.6 Å². The number of nitrogens with one attached hydrogen (secondary N) is 2. The minimum Gasteiger partial charge on any atom is -0.444 e. The summed E-state index contributed by atoms with van der Waals surface area (Å²) < 4.78 is 5.19. The number of carbonyl (C=O) groups is 2. The Morgan fingerprint density at radius 2 is 1.90 bits per heavy atom. The van der Waals surface area contributed by atoms with Gasteiger partial charge in [-0.2, -0.15) is 0 Å². The Bertz CT molecular complexity index is 492. The van der Waals surface area contributed by atoms with Gasteiger partial charge in [0.15, 0.2) is 0 Å². The third kappa shape index (κ3) is 6.12. The van der Waals surface area contributed by atoms with E-state index >= 15 is 0 Å². The molecule has 0 aliphatic rings. The van der Waals surface area contributed by atoms with Crippen LogP contribution in [0.4, 0.5) is 4.79 Å². The van der Waals surface area contributed by atoms with Crippen molar-refractivity contribution in [3.63, 3.8) is 0 Å². The number of amides is 2. The molecule has 5 heteroatoms. The van der Waals surface area contributed by atoms with Crippen molar-refractivity contribution in [2.45, 2.75) is 32.4 Å². The fourth-order valence-corrected chi connectivity index (χ4v) is 1.65. The van der Waals surface area contributed by atoms with E-state index in [1.54, 1.807) is 51.1 Å². The molecule has 114 valence electrons. The van der Waals surface area contributed by atoms with Crippen molar-refractivity contribution < 1.29 is 14.3 Å². The molecule has 0 spiro atoms. The summed E-state index contributed by atoms with van der Waals surface area (Å²) in [4.78, 5) is 24.1. The van der Waals surface area contributed by atoms with Gasteiger partial charge in [0.2, 0.25) is 5.91 Å². The first-order valence-corrected chi connectivity index (χ1v) is 6.76. The quantitative estimate of drug-likeness (QED) is 0.819. The Kier molecular flexibility index (Phi) is 5.96. The number of alkyl carbamates (subject to hydrolysis) is 1. The van der Waals surface area contributed by atoms with Crippen LogP contribution in [-0.2, 0) is 9.53 Å². The summed E-state index contributed by atoms with van der Waals surface area (Å²) >= 11 is 0. The standard InChI is InChI=1S/C16H22N2O3/c1-5-11-17-14(19)13(12-9-7-6-8-10-12)18-15(20)21-16(2,3)4/h5-10,13H,1,11H2,2-4H3,(H,17,19)(H,18,20)/t13-/m0/s1. The highest BCUT2D eigenvalue weighted by molar-refractivity contribution is 5.87. The molecule has 0 aliphatic carbocycles. The van der Waals surface area contributed by atoms with Crippen molar-refractivity contribution in [3.05, 3.63) is 48.6 Å². The lowest BCUT2D eigenvalue weighted by molar-refractivity contribution is -0.123. The molecule has 1 atom stereocenters. The lowest BCUT2D eigenvalue weighted by atomic mass is 10.1. The Balaban J connectivity index is 2.85. The molecule has 0 saturated carbocycles. The molecule has 5 nitrogen and oxygen atoms in total. The average molecular weight is 290 g/mol. The van der Waals surface area contributed by atoms with Crippen LogP contribution in [0, 0.1) is 0 Å². The molecule has 0 aromatic heterocycles. The normalized spacial score (nSPS) is 12.1. The summed E-state index contributed by atoms with van der Waals surface area (Å²) in [5.41, 5.74) is 0.0630. The zero-order valence-electron chi connectivity index (χ0n) is 12.7. The third-order valence-electron chi connectivity index (χ3n) is 2.48. The molecule has 1 rings (SSSR count). The zero-order chi connectivity index (χ0) is 15.9. The van der Waals surface area contributed by atoms with Crippen molar-refractivity contribution in [1.29, 1.82) is 0 Å². The van der Waals surface area contributed by atoms with Gasteiger partial charge in [-0.3, -0.25) is 4.79 Å². The van der Waals surface area contributed by atoms with Crippen LogP contribution < -0.4 is 10.6 Å². The minimum atomic E-state index is -0.805. The minimum absolute atomic E-state index is 0.313. The van der Waals surface area contributed by atoms with Crippen LogP contribution in [-0.4, -0.2) is 24.1 Å². The fraction of sp³-hybridized carbons (Fsp3) is 0.375. The van der Waals surface area contributed by atoms with Gasteiger partial charge in [-0.05, 0) is 26.3 Å². The number of carbonyl (C=O) groups excluding carboxylic acids is 2. The van der Waals surface area contributed by atoms with Crippen molar-refractivity contribution in [3.8, 4) is 0 Å². The molecular formula is C16H22N2O3. The first-order chi connectivity index (χ1) is 9.83. The summed E-state index contributed by atoms with van der Waals surface area (Å²) in [5.74, 6) is -0.313. The van der Waals surface area contributed by atoms with Crippen LogP contribution in [0.5, 0.6) is 0 Å². The van der Waals surface area contributed by atoms with Gasteiger partial charge in [0.25, 0.3) is 0 Å². The molecule has 21 heavy (non-hydrogen) atoms. The summed E-state index contributed by atoms with van der Waals surface area (Å²) in [6.07, 6.45) is 0.943. The number of ether oxygens (including phenoxy) is 1. The molecule has 1 aromatic carbocycles. The van der Waals surface area contributed by atoms with Crippen LogP contribution in [0.15, 0.2) is 43.0 Å². The molecule has 0 aliphatic heterocycles. The molecule has 0 radical (unpaired) electrons. The largest absolute Gasteiger partial charge is 0.444 e. The van der Waals surface area contributed by atoms with Crippen LogP contribution >= 0.6 is 0 Å². The van der Waals surface area contributed by atoms with E-state index in [1.165, 1.54) is 0 Å². The van der Waals surface area contributed by atoms with Gasteiger partial charge in [0.1, 0.15) is 11.6 Å². The van der Waals surface area contributed by atoms with Crippen molar-refractivity contribution >= 4 is 12.0 Å². The van der Waals surface area contributed by atoms with Crippen LogP contribution in [0.2, 0.25) is 0 Å². The summed E-state index contributed by atoms with van der Waals surface area (Å²) in [6.45, 7) is 9.18. The predicted molar refractivity (Wildman–Crippen MR) is 81.8 cm³/mol. The number of hydrogen-bond donors (Lipinski definition) is 2. The number of hydrogen-bond acceptors (Lipinski definition) is 3. The second kappa shape index (κ2) is 7.47. The van der Waals surface area contributed by atoms with Crippen molar-refractivity contribution in [2.24, 2.45) is 0 Å². The zero-order valence-corrected chi connectivity index (χ0v) is 12.7. The highest BCUT2D eigenvalue weighted by Crippen LogP contribution is 2.14. The van der Waals surface area contributed by atoms with Gasteiger partial charge in [0, 0.05) is 6.54 Å². The van der Waals surface area contributed by atoms with E-state index in [1.807, 2.05) is 6.07 Å². The topological polar surface area (TPSA) is 67.4 Å². The highest BCUT2D eigenvalue weighted by Gasteiger charge is 2.25. The van der Waals surface area contributed by atoms with E-state index in [0.717, 1.165) is 0 Å². The second-order valence-corrected chi connectivity index (χ2v) is 5.52. The number of benzene rings is 1. The molecule has 0 unspecified atom stereocenters. The fourth-order valence-electron chi connectivity index (χ4n) is 1.65. The predicted octanol–water partition coefficient (Wildman–Crippen LogP) is 2.55. The van der Waals surface area contributed by atoms with Gasteiger partial charge in [0.05, 0.1) is 0 Å². The Morgan fingerprint density at radius 1 is 1.29 bits per heavy atom. The van der Waals surface area contributed by atoms with E-state index in [-0.39, 0.29) is 5.91 Å². The van der Waals surface area contributed by atoms with Crippen LogP contribution in [0.25, 0.3) is 0 Å². The summed E-state index contributed by atoms with van der Waals surface area (Å²) in [6, 6.07) is 8.20. The molecular weight excluding hydrogens is 268 g/mol. The Morgan fingerprint density at radius 3 is 2.43 bits per heavy atom. The number of rotatable bonds is 5. The monoisotopic (exact) mass is 290 g/mol. The Labute approximate surface area is 125 Å². The van der Waals surface area contributed by atoms with Crippen LogP contribution in [0.3, 0.4) is 0 Å². The maximum Gasteiger partial charge on any atom is 0.408 e. The lowest BCUT2D eigenvalue weighted by Gasteiger charge is -2.23. The van der Waals surface area contributed by atoms with E-state index < -0.39 is 17.7 Å². The summed E-state index contributed by atoms with van der Waals surface area (Å²) in [5, 5.41) is 5.26. The van der Waals surface area contributed by atoms with Crippen molar-refractivity contribution in [2.75, 3.05) is 6.54 Å². The molecule has 1 aromatic rings. The third-order valence-corrected chi connectivity index (χ3v) is 2.48. The summed E-state index contributed by atoms with van der Waals surface area (Å²) in [7, 11) is 0. The van der Waals surface area contributed by atoms with E-state index in [0.29, 0.717) is 12.1 Å². The van der Waals surface area contributed by atoms with Gasteiger partial charge in [-0.15, -0.1) is 6.58 Å². The van der Waals surface area contributed by atoms with Gasteiger partial charge in [-0.1, -0.05) is 36.4 Å². The molecule has 0 saturated heterocycles. The average Bonchev–Trinajstić information content (AvgIpc) is 2.41. The Hall–Kier alpha value is -2.30. The smallest absolute Gasteiger partial charge is 0.408 e. The molecule has 0 fully saturated rings. The van der Waals surface area contributed by atoms with Gasteiger partial charge < -0.3 is 15.4 Å². The lowest BCUT2D eigenvalue weighted by Crippen LogP contribution is -2.42. The maximum absolute atomic E-state index is 12.2. The van der Waals surface area contributed by atoms with E-state index in [2.05, 4.69) is 17.2 Å². The first kappa shape index (κ1) is 16.8. The van der Waals surface area contributed by atoms with E-state index in [9.17, 15) is 9.59 Å². The molecule has 2 amide bonds. The maximum atomic E-state index is 12.2. The van der Waals surface area contributed by atoms with Gasteiger partial charge in [-0.25, -0.2) is 4.79 Å². The first-order valence-electron chi connectivity index (χ1n) is 6.76. The molecule has 0 heterocycles. The SMILES string of the molecule is C=CCNC(=O)[C@@H](NC(=O)OC(C)(C)C)c1ccccc1. The second-order valence-electron chi connectivity index (χ2n) is 5.52. The molecule has 0 bridgehead atoms.